The molecule has 4 rings (SSSR count). The van der Waals surface area contributed by atoms with E-state index in [1.807, 2.05) is 55.5 Å². The van der Waals surface area contributed by atoms with Crippen molar-refractivity contribution in [1.29, 1.82) is 0 Å². The highest BCUT2D eigenvalue weighted by atomic mass is 32.1. The first kappa shape index (κ1) is 17.4. The first-order valence-corrected chi connectivity index (χ1v) is 8.93. The van der Waals surface area contributed by atoms with Crippen LogP contribution in [-0.4, -0.2) is 15.2 Å². The molecule has 0 aliphatic carbocycles. The highest BCUT2D eigenvalue weighted by Gasteiger charge is 2.20. The number of H-pyrrole nitrogens is 1. The van der Waals surface area contributed by atoms with Gasteiger partial charge in [-0.1, -0.05) is 35.9 Å². The molecule has 1 unspecified atom stereocenters. The van der Waals surface area contributed by atoms with Gasteiger partial charge in [0.15, 0.2) is 6.61 Å². The van der Waals surface area contributed by atoms with E-state index in [0.29, 0.717) is 17.3 Å². The fourth-order valence-corrected chi connectivity index (χ4v) is 3.12. The Kier molecular flexibility index (Phi) is 4.68. The zero-order chi connectivity index (χ0) is 18.8. The number of pyridine rings is 1. The number of hydrogen-bond donors (Lipinski definition) is 2. The standard InChI is InChI=1S/C20H17N3O3S/c1-12-6-8-13(9-7-12)25-11-18-22-23-20(26-18)19(27)15-10-17(24)21-16-5-3-2-4-14(15)16/h2-10,19,27H,11H2,1H3,(H,21,24). The maximum absolute atomic E-state index is 12.0. The van der Waals surface area contributed by atoms with Crippen LogP contribution in [0, 0.1) is 6.92 Å². The summed E-state index contributed by atoms with van der Waals surface area (Å²) in [6.45, 7) is 2.17. The number of rotatable bonds is 5. The lowest BCUT2D eigenvalue weighted by atomic mass is 10.1. The minimum absolute atomic E-state index is 0.159. The molecule has 2 heterocycles. The lowest BCUT2D eigenvalue weighted by molar-refractivity contribution is 0.259. The van der Waals surface area contributed by atoms with Crippen molar-refractivity contribution in [2.24, 2.45) is 0 Å². The minimum Gasteiger partial charge on any atom is -0.484 e. The first-order chi connectivity index (χ1) is 13.1. The van der Waals surface area contributed by atoms with E-state index in [2.05, 4.69) is 27.8 Å². The summed E-state index contributed by atoms with van der Waals surface area (Å²) in [7, 11) is 0. The number of nitrogens with zero attached hydrogens (tertiary/aromatic N) is 2. The Hall–Kier alpha value is -3.06. The number of nitrogens with one attached hydrogen (secondary N) is 1. The smallest absolute Gasteiger partial charge is 0.253 e. The van der Waals surface area contributed by atoms with Gasteiger partial charge in [-0.05, 0) is 30.7 Å². The van der Waals surface area contributed by atoms with E-state index in [9.17, 15) is 4.79 Å². The summed E-state index contributed by atoms with van der Waals surface area (Å²) >= 11 is 4.61. The molecule has 0 saturated heterocycles. The molecular weight excluding hydrogens is 362 g/mol. The van der Waals surface area contributed by atoms with Crippen molar-refractivity contribution in [1.82, 2.24) is 15.2 Å². The third-order valence-electron chi connectivity index (χ3n) is 4.18. The molecule has 27 heavy (non-hydrogen) atoms. The van der Waals surface area contributed by atoms with Crippen LogP contribution in [0.15, 0.2) is 63.8 Å². The SMILES string of the molecule is Cc1ccc(OCc2nnc(C(S)c3cc(=O)[nH]c4ccccc34)o2)cc1. The van der Waals surface area contributed by atoms with Gasteiger partial charge in [0.25, 0.3) is 5.89 Å². The van der Waals surface area contributed by atoms with Crippen LogP contribution >= 0.6 is 12.6 Å². The Morgan fingerprint density at radius 2 is 1.93 bits per heavy atom. The molecule has 0 radical (unpaired) electrons. The second-order valence-electron chi connectivity index (χ2n) is 6.17. The Labute approximate surface area is 160 Å². The molecule has 1 N–H and O–H groups in total. The van der Waals surface area contributed by atoms with Crippen molar-refractivity contribution in [3.8, 4) is 5.75 Å². The number of aryl methyl sites for hydroxylation is 1. The molecule has 7 heteroatoms. The van der Waals surface area contributed by atoms with Crippen LogP contribution in [0.3, 0.4) is 0 Å². The number of ether oxygens (including phenoxy) is 1. The maximum Gasteiger partial charge on any atom is 0.253 e. The molecule has 0 aliphatic rings. The van der Waals surface area contributed by atoms with Crippen molar-refractivity contribution in [2.75, 3.05) is 0 Å². The van der Waals surface area contributed by atoms with Gasteiger partial charge in [0.2, 0.25) is 11.4 Å². The van der Waals surface area contributed by atoms with E-state index in [0.717, 1.165) is 22.2 Å². The van der Waals surface area contributed by atoms with Crippen LogP contribution in [0.1, 0.15) is 28.2 Å². The van der Waals surface area contributed by atoms with E-state index in [1.54, 1.807) is 0 Å². The third kappa shape index (κ3) is 3.73. The number of benzene rings is 2. The van der Waals surface area contributed by atoms with Crippen LogP contribution < -0.4 is 10.3 Å². The topological polar surface area (TPSA) is 81.0 Å². The highest BCUT2D eigenvalue weighted by molar-refractivity contribution is 7.80. The van der Waals surface area contributed by atoms with Gasteiger partial charge in [-0.25, -0.2) is 0 Å². The fourth-order valence-electron chi connectivity index (χ4n) is 2.81. The van der Waals surface area contributed by atoms with Crippen molar-refractivity contribution in [3.63, 3.8) is 0 Å². The lowest BCUT2D eigenvalue weighted by Gasteiger charge is -2.10. The Morgan fingerprint density at radius 3 is 2.74 bits per heavy atom. The highest BCUT2D eigenvalue weighted by Crippen LogP contribution is 2.31. The van der Waals surface area contributed by atoms with Crippen molar-refractivity contribution in [2.45, 2.75) is 18.8 Å². The van der Waals surface area contributed by atoms with E-state index in [1.165, 1.54) is 6.07 Å². The first-order valence-electron chi connectivity index (χ1n) is 8.42. The predicted octanol–water partition coefficient (Wildman–Crippen LogP) is 3.82. The average molecular weight is 379 g/mol. The molecular formula is C20H17N3O3S. The fraction of sp³-hybridized carbons (Fsp3) is 0.150. The van der Waals surface area contributed by atoms with E-state index in [-0.39, 0.29) is 12.2 Å². The molecule has 0 fully saturated rings. The van der Waals surface area contributed by atoms with Crippen LogP contribution in [0.25, 0.3) is 10.9 Å². The molecule has 0 bridgehead atoms. The Bertz CT molecular complexity index is 1140. The number of fused-ring (bicyclic) bond motifs is 1. The summed E-state index contributed by atoms with van der Waals surface area (Å²) in [5.74, 6) is 1.39. The molecule has 0 saturated carbocycles. The Morgan fingerprint density at radius 1 is 1.15 bits per heavy atom. The molecule has 0 spiro atoms. The van der Waals surface area contributed by atoms with Crippen LogP contribution in [0.2, 0.25) is 0 Å². The van der Waals surface area contributed by atoms with Gasteiger partial charge >= 0.3 is 0 Å². The van der Waals surface area contributed by atoms with Crippen molar-refractivity contribution >= 4 is 23.5 Å². The maximum atomic E-state index is 12.0. The summed E-state index contributed by atoms with van der Waals surface area (Å²) in [6.07, 6.45) is 0. The Balaban J connectivity index is 1.56. The molecule has 2 aromatic heterocycles. The zero-order valence-corrected chi connectivity index (χ0v) is 15.4. The van der Waals surface area contributed by atoms with E-state index < -0.39 is 5.25 Å². The molecule has 0 amide bonds. The van der Waals surface area contributed by atoms with E-state index in [4.69, 9.17) is 9.15 Å². The lowest BCUT2D eigenvalue weighted by Crippen LogP contribution is -2.08. The molecule has 1 atom stereocenters. The van der Waals surface area contributed by atoms with Gasteiger partial charge in [-0.2, -0.15) is 12.6 Å². The third-order valence-corrected chi connectivity index (χ3v) is 4.68. The minimum atomic E-state index is -0.516. The van der Waals surface area contributed by atoms with Crippen LogP contribution in [0.4, 0.5) is 0 Å². The summed E-state index contributed by atoms with van der Waals surface area (Å²) in [6, 6.07) is 16.7. The number of aromatic nitrogens is 3. The number of thiol groups is 1. The second kappa shape index (κ2) is 7.28. The summed E-state index contributed by atoms with van der Waals surface area (Å²) < 4.78 is 11.4. The van der Waals surface area contributed by atoms with Gasteiger partial charge in [0.05, 0.1) is 0 Å². The molecule has 0 aliphatic heterocycles. The predicted molar refractivity (Wildman–Crippen MR) is 105 cm³/mol. The molecule has 2 aromatic carbocycles. The molecule has 136 valence electrons. The molecule has 6 nitrogen and oxygen atoms in total. The zero-order valence-electron chi connectivity index (χ0n) is 14.5. The normalized spacial score (nSPS) is 12.2. The quantitative estimate of drug-likeness (QED) is 0.515. The van der Waals surface area contributed by atoms with Gasteiger partial charge in [0, 0.05) is 17.0 Å². The largest absolute Gasteiger partial charge is 0.484 e. The second-order valence-corrected chi connectivity index (χ2v) is 6.69. The van der Waals surface area contributed by atoms with Crippen LogP contribution in [0.5, 0.6) is 5.75 Å². The summed E-state index contributed by atoms with van der Waals surface area (Å²) in [5.41, 5.74) is 2.41. The van der Waals surface area contributed by atoms with Gasteiger partial charge in [0.1, 0.15) is 11.0 Å². The van der Waals surface area contributed by atoms with Gasteiger partial charge < -0.3 is 14.1 Å². The number of para-hydroxylation sites is 1. The molecule has 4 aromatic rings. The average Bonchev–Trinajstić information content (AvgIpc) is 3.15. The monoisotopic (exact) mass is 379 g/mol. The number of hydrogen-bond acceptors (Lipinski definition) is 6. The number of aromatic amines is 1. The van der Waals surface area contributed by atoms with Crippen LogP contribution in [-0.2, 0) is 6.61 Å². The van der Waals surface area contributed by atoms with Crippen molar-refractivity contribution in [3.05, 3.63) is 87.9 Å². The van der Waals surface area contributed by atoms with Crippen molar-refractivity contribution < 1.29 is 9.15 Å². The van der Waals surface area contributed by atoms with E-state index >= 15 is 0 Å². The van der Waals surface area contributed by atoms with Gasteiger partial charge in [-0.3, -0.25) is 4.79 Å². The van der Waals surface area contributed by atoms with Gasteiger partial charge in [-0.15, -0.1) is 10.2 Å². The summed E-state index contributed by atoms with van der Waals surface area (Å²) in [4.78, 5) is 14.8. The summed E-state index contributed by atoms with van der Waals surface area (Å²) in [5, 5.41) is 8.46.